The Morgan fingerprint density at radius 1 is 1.35 bits per heavy atom. The van der Waals surface area contributed by atoms with Crippen molar-refractivity contribution in [2.24, 2.45) is 5.92 Å². The third-order valence-electron chi connectivity index (χ3n) is 4.92. The van der Waals surface area contributed by atoms with Gasteiger partial charge < -0.3 is 10.2 Å². The van der Waals surface area contributed by atoms with E-state index in [-0.39, 0.29) is 17.4 Å². The van der Waals surface area contributed by atoms with Crippen molar-refractivity contribution in [1.29, 1.82) is 0 Å². The summed E-state index contributed by atoms with van der Waals surface area (Å²) in [5.41, 5.74) is 0.979. The molecule has 0 spiro atoms. The zero-order valence-electron chi connectivity index (χ0n) is 13.0. The number of aromatic nitrogens is 1. The van der Waals surface area contributed by atoms with Crippen molar-refractivity contribution in [1.82, 2.24) is 15.2 Å². The fraction of sp³-hybridized carbons (Fsp3) is 0.688. The Kier molecular flexibility index (Phi) is 4.76. The molecular weight excluding hydrogens is 253 g/mol. The standard InChI is InChI=1S/C16H26FN3/c1-12-5-7-16(8-6-12,20(3)4)15(18-2)13-9-14(17)11-19-10-13/h9-12,15,18H,5-8H2,1-4H3. The van der Waals surface area contributed by atoms with Crippen LogP contribution in [0, 0.1) is 11.7 Å². The van der Waals surface area contributed by atoms with Crippen molar-refractivity contribution in [3.8, 4) is 0 Å². The second-order valence-corrected chi connectivity index (χ2v) is 6.34. The van der Waals surface area contributed by atoms with Gasteiger partial charge in [0.2, 0.25) is 0 Å². The minimum atomic E-state index is -0.263. The van der Waals surface area contributed by atoms with Crippen molar-refractivity contribution in [2.45, 2.75) is 44.2 Å². The Balaban J connectivity index is 2.35. The smallest absolute Gasteiger partial charge is 0.141 e. The summed E-state index contributed by atoms with van der Waals surface area (Å²) in [6.07, 6.45) is 7.75. The lowest BCUT2D eigenvalue weighted by atomic mass is 9.70. The molecule has 1 unspecified atom stereocenters. The minimum absolute atomic E-state index is 0.0384. The van der Waals surface area contributed by atoms with E-state index in [4.69, 9.17) is 0 Å². The Hall–Kier alpha value is -1.00. The highest BCUT2D eigenvalue weighted by atomic mass is 19.1. The highest BCUT2D eigenvalue weighted by molar-refractivity contribution is 5.21. The summed E-state index contributed by atoms with van der Waals surface area (Å²) < 4.78 is 13.5. The van der Waals surface area contributed by atoms with Crippen LogP contribution < -0.4 is 5.32 Å². The Labute approximate surface area is 121 Å². The number of halogens is 1. The van der Waals surface area contributed by atoms with Gasteiger partial charge in [-0.25, -0.2) is 4.39 Å². The van der Waals surface area contributed by atoms with E-state index >= 15 is 0 Å². The topological polar surface area (TPSA) is 28.2 Å². The van der Waals surface area contributed by atoms with Crippen LogP contribution in [0.1, 0.15) is 44.2 Å². The summed E-state index contributed by atoms with van der Waals surface area (Å²) in [5.74, 6) is 0.520. The van der Waals surface area contributed by atoms with Gasteiger partial charge in [-0.1, -0.05) is 6.92 Å². The van der Waals surface area contributed by atoms with E-state index in [0.29, 0.717) is 0 Å². The maximum Gasteiger partial charge on any atom is 0.141 e. The first-order chi connectivity index (χ1) is 9.49. The molecular formula is C16H26FN3. The Bertz CT molecular complexity index is 439. The maximum atomic E-state index is 13.5. The second-order valence-electron chi connectivity index (χ2n) is 6.34. The summed E-state index contributed by atoms with van der Waals surface area (Å²) >= 11 is 0. The first-order valence-corrected chi connectivity index (χ1v) is 7.45. The molecule has 3 nitrogen and oxygen atoms in total. The van der Waals surface area contributed by atoms with E-state index < -0.39 is 0 Å². The molecule has 1 heterocycles. The molecule has 1 saturated carbocycles. The first kappa shape index (κ1) is 15.4. The highest BCUT2D eigenvalue weighted by Gasteiger charge is 2.43. The Morgan fingerprint density at radius 2 is 2.00 bits per heavy atom. The van der Waals surface area contributed by atoms with Gasteiger partial charge in [0.1, 0.15) is 5.82 Å². The van der Waals surface area contributed by atoms with Crippen LogP contribution in [0.2, 0.25) is 0 Å². The van der Waals surface area contributed by atoms with Crippen LogP contribution in [0.15, 0.2) is 18.5 Å². The van der Waals surface area contributed by atoms with Gasteiger partial charge in [0.15, 0.2) is 0 Å². The Morgan fingerprint density at radius 3 is 2.50 bits per heavy atom. The second kappa shape index (κ2) is 6.19. The van der Waals surface area contributed by atoms with Crippen LogP contribution >= 0.6 is 0 Å². The fourth-order valence-electron chi connectivity index (χ4n) is 3.59. The lowest BCUT2D eigenvalue weighted by Gasteiger charge is -2.49. The van der Waals surface area contributed by atoms with E-state index in [1.54, 1.807) is 12.3 Å². The predicted octanol–water partition coefficient (Wildman–Crippen LogP) is 2.99. The van der Waals surface area contributed by atoms with Gasteiger partial charge in [-0.3, -0.25) is 4.98 Å². The van der Waals surface area contributed by atoms with Gasteiger partial charge in [0, 0.05) is 11.7 Å². The molecule has 1 aliphatic carbocycles. The summed E-state index contributed by atoms with van der Waals surface area (Å²) in [4.78, 5) is 6.33. The molecule has 1 aromatic rings. The molecule has 1 fully saturated rings. The molecule has 4 heteroatoms. The zero-order valence-corrected chi connectivity index (χ0v) is 13.0. The lowest BCUT2D eigenvalue weighted by Crippen LogP contribution is -2.55. The molecule has 1 atom stereocenters. The van der Waals surface area contributed by atoms with Gasteiger partial charge in [-0.05, 0) is 64.4 Å². The number of pyridine rings is 1. The normalized spacial score (nSPS) is 28.6. The number of hydrogen-bond acceptors (Lipinski definition) is 3. The predicted molar refractivity (Wildman–Crippen MR) is 80.0 cm³/mol. The molecule has 1 aliphatic rings. The van der Waals surface area contributed by atoms with Gasteiger partial charge in [-0.2, -0.15) is 0 Å². The molecule has 2 rings (SSSR count). The molecule has 0 saturated heterocycles. The third-order valence-corrected chi connectivity index (χ3v) is 4.92. The van der Waals surface area contributed by atoms with Crippen molar-refractivity contribution in [2.75, 3.05) is 21.1 Å². The molecule has 112 valence electrons. The summed E-state index contributed by atoms with van der Waals surface area (Å²) in [6, 6.07) is 1.71. The van der Waals surface area contributed by atoms with E-state index in [9.17, 15) is 4.39 Å². The summed E-state index contributed by atoms with van der Waals surface area (Å²) in [5, 5.41) is 3.40. The van der Waals surface area contributed by atoms with E-state index in [2.05, 4.69) is 36.2 Å². The summed E-state index contributed by atoms with van der Waals surface area (Å²) in [7, 11) is 6.22. The molecule has 0 aromatic carbocycles. The van der Waals surface area contributed by atoms with Crippen LogP contribution in [0.3, 0.4) is 0 Å². The molecule has 1 aromatic heterocycles. The number of rotatable bonds is 4. The number of nitrogens with zero attached hydrogens (tertiary/aromatic N) is 2. The lowest BCUT2D eigenvalue weighted by molar-refractivity contribution is 0.0453. The highest BCUT2D eigenvalue weighted by Crippen LogP contribution is 2.43. The number of nitrogens with one attached hydrogen (secondary N) is 1. The summed E-state index contributed by atoms with van der Waals surface area (Å²) in [6.45, 7) is 2.32. The number of hydrogen-bond donors (Lipinski definition) is 1. The van der Waals surface area contributed by atoms with Crippen LogP contribution in [0.4, 0.5) is 4.39 Å². The van der Waals surface area contributed by atoms with E-state index in [1.165, 1.54) is 19.0 Å². The zero-order chi connectivity index (χ0) is 14.8. The van der Waals surface area contributed by atoms with Gasteiger partial charge in [0.25, 0.3) is 0 Å². The first-order valence-electron chi connectivity index (χ1n) is 7.45. The number of likely N-dealkylation sites (N-methyl/N-ethyl adjacent to an activating group) is 2. The van der Waals surface area contributed by atoms with Gasteiger partial charge in [0.05, 0.1) is 12.2 Å². The van der Waals surface area contributed by atoms with Crippen LogP contribution in [-0.2, 0) is 0 Å². The van der Waals surface area contributed by atoms with Crippen molar-refractivity contribution >= 4 is 0 Å². The average molecular weight is 279 g/mol. The van der Waals surface area contributed by atoms with E-state index in [0.717, 1.165) is 24.3 Å². The van der Waals surface area contributed by atoms with Crippen molar-refractivity contribution < 1.29 is 4.39 Å². The van der Waals surface area contributed by atoms with Crippen LogP contribution in [0.5, 0.6) is 0 Å². The minimum Gasteiger partial charge on any atom is -0.311 e. The molecule has 0 aliphatic heterocycles. The van der Waals surface area contributed by atoms with Gasteiger partial charge >= 0.3 is 0 Å². The SMILES string of the molecule is CNC(c1cncc(F)c1)C1(N(C)C)CCC(C)CC1. The van der Waals surface area contributed by atoms with Crippen LogP contribution in [-0.4, -0.2) is 36.6 Å². The molecule has 0 bridgehead atoms. The van der Waals surface area contributed by atoms with Crippen LogP contribution in [0.25, 0.3) is 0 Å². The van der Waals surface area contributed by atoms with E-state index in [1.807, 2.05) is 7.05 Å². The average Bonchev–Trinajstić information content (AvgIpc) is 2.42. The molecule has 0 radical (unpaired) electrons. The molecule has 0 amide bonds. The van der Waals surface area contributed by atoms with Crippen molar-refractivity contribution in [3.05, 3.63) is 29.8 Å². The van der Waals surface area contributed by atoms with Crippen molar-refractivity contribution in [3.63, 3.8) is 0 Å². The molecule has 20 heavy (non-hydrogen) atoms. The third kappa shape index (κ3) is 2.86. The maximum absolute atomic E-state index is 13.5. The van der Waals surface area contributed by atoms with Gasteiger partial charge in [-0.15, -0.1) is 0 Å². The largest absolute Gasteiger partial charge is 0.311 e. The molecule has 1 N–H and O–H groups in total. The fourth-order valence-corrected chi connectivity index (χ4v) is 3.59. The quantitative estimate of drug-likeness (QED) is 0.918. The monoisotopic (exact) mass is 279 g/mol.